The summed E-state index contributed by atoms with van der Waals surface area (Å²) in [7, 11) is 0. The number of nitrogens with one attached hydrogen (secondary N) is 3. The number of aliphatic carboxylic acids is 3. The summed E-state index contributed by atoms with van der Waals surface area (Å²) >= 11 is 0. The first kappa shape index (κ1) is 28.0. The maximum Gasteiger partial charge on any atom is 0.326 e. The molecule has 0 saturated heterocycles. The van der Waals surface area contributed by atoms with E-state index in [9.17, 15) is 33.9 Å². The highest BCUT2D eigenvalue weighted by atomic mass is 16.4. The molecule has 0 aliphatic carbocycles. The number of carbonyl (C=O) groups is 6. The number of carboxylic acids is 3. The molecule has 34 heavy (non-hydrogen) atoms. The zero-order valence-corrected chi connectivity index (χ0v) is 18.4. The number of carbonyl (C=O) groups excluding carboxylic acids is 3. The lowest BCUT2D eigenvalue weighted by molar-refractivity contribution is -0.143. The van der Waals surface area contributed by atoms with Crippen molar-refractivity contribution in [2.45, 2.75) is 56.8 Å². The van der Waals surface area contributed by atoms with Crippen molar-refractivity contribution < 1.29 is 44.1 Å². The van der Waals surface area contributed by atoms with Crippen molar-refractivity contribution in [1.82, 2.24) is 16.0 Å². The zero-order valence-electron chi connectivity index (χ0n) is 18.4. The normalized spacial score (nSPS) is 14.1. The van der Waals surface area contributed by atoms with Gasteiger partial charge in [0.2, 0.25) is 17.7 Å². The van der Waals surface area contributed by atoms with Gasteiger partial charge in [-0.3, -0.25) is 24.0 Å². The number of nitrogens with two attached hydrogens (primary N) is 1. The molecule has 13 heteroatoms. The summed E-state index contributed by atoms with van der Waals surface area (Å²) in [6.07, 6.45) is -1.56. The van der Waals surface area contributed by atoms with Crippen LogP contribution in [-0.4, -0.2) is 75.1 Å². The van der Waals surface area contributed by atoms with Crippen LogP contribution in [0.4, 0.5) is 0 Å². The maximum atomic E-state index is 12.7. The third-order valence-electron chi connectivity index (χ3n) is 4.66. The highest BCUT2D eigenvalue weighted by Gasteiger charge is 2.29. The van der Waals surface area contributed by atoms with Gasteiger partial charge in [-0.05, 0) is 18.9 Å². The van der Waals surface area contributed by atoms with Crippen molar-refractivity contribution in [2.75, 3.05) is 0 Å². The summed E-state index contributed by atoms with van der Waals surface area (Å²) in [5.74, 6) is -6.59. The molecule has 0 bridgehead atoms. The summed E-state index contributed by atoms with van der Waals surface area (Å²) < 4.78 is 0. The van der Waals surface area contributed by atoms with Gasteiger partial charge in [-0.15, -0.1) is 0 Å². The van der Waals surface area contributed by atoms with E-state index in [0.29, 0.717) is 5.56 Å². The van der Waals surface area contributed by atoms with Gasteiger partial charge < -0.3 is 37.0 Å². The largest absolute Gasteiger partial charge is 0.481 e. The molecule has 0 saturated carbocycles. The van der Waals surface area contributed by atoms with Crippen LogP contribution in [0.1, 0.15) is 31.7 Å². The molecular formula is C21H28N4O9. The molecule has 1 aromatic rings. The third-order valence-corrected chi connectivity index (χ3v) is 4.66. The molecule has 0 aromatic heterocycles. The van der Waals surface area contributed by atoms with Crippen molar-refractivity contribution in [3.05, 3.63) is 35.9 Å². The molecule has 13 nitrogen and oxygen atoms in total. The Morgan fingerprint density at radius 2 is 1.41 bits per heavy atom. The van der Waals surface area contributed by atoms with E-state index in [-0.39, 0.29) is 12.8 Å². The van der Waals surface area contributed by atoms with Crippen molar-refractivity contribution >= 4 is 35.6 Å². The molecule has 4 atom stereocenters. The molecule has 1 aromatic carbocycles. The highest BCUT2D eigenvalue weighted by molar-refractivity contribution is 5.94. The minimum atomic E-state index is -1.41. The van der Waals surface area contributed by atoms with Crippen LogP contribution in [0.25, 0.3) is 0 Å². The Balaban J connectivity index is 2.86. The molecule has 0 aliphatic heterocycles. The predicted octanol–water partition coefficient (Wildman–Crippen LogP) is -1.55. The van der Waals surface area contributed by atoms with E-state index in [1.807, 2.05) is 0 Å². The minimum Gasteiger partial charge on any atom is -0.481 e. The fraction of sp³-hybridized carbons (Fsp3) is 0.429. The first-order valence-electron chi connectivity index (χ1n) is 10.3. The van der Waals surface area contributed by atoms with E-state index in [1.54, 1.807) is 30.3 Å². The fourth-order valence-electron chi connectivity index (χ4n) is 2.82. The van der Waals surface area contributed by atoms with Gasteiger partial charge in [-0.2, -0.15) is 0 Å². The van der Waals surface area contributed by atoms with Gasteiger partial charge in [0.05, 0.1) is 12.5 Å². The van der Waals surface area contributed by atoms with Gasteiger partial charge >= 0.3 is 17.9 Å². The van der Waals surface area contributed by atoms with Crippen LogP contribution in [0.2, 0.25) is 0 Å². The van der Waals surface area contributed by atoms with Crippen molar-refractivity contribution in [1.29, 1.82) is 0 Å². The van der Waals surface area contributed by atoms with Crippen molar-refractivity contribution in [3.63, 3.8) is 0 Å². The number of carboxylic acid groups (broad SMARTS) is 3. The second-order valence-corrected chi connectivity index (χ2v) is 7.52. The first-order valence-corrected chi connectivity index (χ1v) is 10.3. The lowest BCUT2D eigenvalue weighted by Gasteiger charge is -2.23. The molecule has 8 N–H and O–H groups in total. The summed E-state index contributed by atoms with van der Waals surface area (Å²) in [5, 5.41) is 33.9. The van der Waals surface area contributed by atoms with Crippen LogP contribution in [0, 0.1) is 0 Å². The molecule has 0 spiro atoms. The van der Waals surface area contributed by atoms with Gasteiger partial charge in [0.15, 0.2) is 0 Å². The highest BCUT2D eigenvalue weighted by Crippen LogP contribution is 2.06. The van der Waals surface area contributed by atoms with Gasteiger partial charge in [0.25, 0.3) is 0 Å². The second kappa shape index (κ2) is 13.5. The third kappa shape index (κ3) is 10.1. The van der Waals surface area contributed by atoms with Crippen molar-refractivity contribution in [2.24, 2.45) is 5.73 Å². The first-order chi connectivity index (χ1) is 15.9. The van der Waals surface area contributed by atoms with Gasteiger partial charge in [0.1, 0.15) is 18.1 Å². The van der Waals surface area contributed by atoms with Crippen molar-refractivity contribution in [3.8, 4) is 0 Å². The van der Waals surface area contributed by atoms with Crippen LogP contribution in [-0.2, 0) is 35.2 Å². The second-order valence-electron chi connectivity index (χ2n) is 7.52. The maximum absolute atomic E-state index is 12.7. The Hall–Kier alpha value is -4.00. The molecule has 3 amide bonds. The van der Waals surface area contributed by atoms with E-state index in [1.165, 1.54) is 6.92 Å². The summed E-state index contributed by atoms with van der Waals surface area (Å²) in [4.78, 5) is 70.4. The SMILES string of the molecule is C[C@H](NC(=O)[C@@H](N)CC(=O)O)C(=O)N[C@@H](CCC(=O)O)C(=O)N[C@@H](Cc1ccccc1)C(=O)O. The lowest BCUT2D eigenvalue weighted by Crippen LogP contribution is -2.56. The standard InChI is InChI=1S/C21H28N4O9/c1-11(23-19(31)13(22)10-17(28)29)18(30)24-14(7-8-16(26)27)20(32)25-15(21(33)34)9-12-5-3-2-4-6-12/h2-6,11,13-15H,7-10,22H2,1H3,(H,23,31)(H,24,30)(H,25,32)(H,26,27)(H,28,29)(H,33,34)/t11-,13-,14-,15-/m0/s1. The van der Waals surface area contributed by atoms with E-state index in [4.69, 9.17) is 15.9 Å². The van der Waals surface area contributed by atoms with Crippen LogP contribution in [0.3, 0.4) is 0 Å². The van der Waals surface area contributed by atoms with E-state index in [0.717, 1.165) is 0 Å². The molecule has 0 heterocycles. The number of hydrogen-bond acceptors (Lipinski definition) is 7. The number of benzene rings is 1. The topological polar surface area (TPSA) is 225 Å². The lowest BCUT2D eigenvalue weighted by atomic mass is 10.0. The Labute approximate surface area is 194 Å². The quantitative estimate of drug-likeness (QED) is 0.162. The van der Waals surface area contributed by atoms with Gasteiger partial charge in [-0.1, -0.05) is 30.3 Å². The molecule has 0 aliphatic rings. The number of amides is 3. The van der Waals surface area contributed by atoms with E-state index >= 15 is 0 Å². The Kier molecular flexibility index (Phi) is 11.2. The summed E-state index contributed by atoms with van der Waals surface area (Å²) in [6, 6.07) is 3.08. The monoisotopic (exact) mass is 480 g/mol. The van der Waals surface area contributed by atoms with Crippen LogP contribution in [0.15, 0.2) is 30.3 Å². The van der Waals surface area contributed by atoms with E-state index in [2.05, 4.69) is 16.0 Å². The molecule has 0 radical (unpaired) electrons. The molecule has 186 valence electrons. The Bertz CT molecular complexity index is 907. The average Bonchev–Trinajstić information content (AvgIpc) is 2.75. The smallest absolute Gasteiger partial charge is 0.326 e. The van der Waals surface area contributed by atoms with E-state index < -0.39 is 72.6 Å². The van der Waals surface area contributed by atoms with Gasteiger partial charge in [-0.25, -0.2) is 4.79 Å². The van der Waals surface area contributed by atoms with Crippen LogP contribution in [0.5, 0.6) is 0 Å². The van der Waals surface area contributed by atoms with Crippen LogP contribution >= 0.6 is 0 Å². The Morgan fingerprint density at radius 3 is 1.94 bits per heavy atom. The molecule has 1 rings (SSSR count). The summed E-state index contributed by atoms with van der Waals surface area (Å²) in [6.45, 7) is 1.25. The predicted molar refractivity (Wildman–Crippen MR) is 116 cm³/mol. The zero-order chi connectivity index (χ0) is 25.8. The molecule has 0 fully saturated rings. The summed E-state index contributed by atoms with van der Waals surface area (Å²) in [5.41, 5.74) is 6.07. The molecule has 0 unspecified atom stereocenters. The average molecular weight is 480 g/mol. The fourth-order valence-corrected chi connectivity index (χ4v) is 2.82. The number of hydrogen-bond donors (Lipinski definition) is 7. The molecular weight excluding hydrogens is 452 g/mol. The van der Waals surface area contributed by atoms with Gasteiger partial charge in [0, 0.05) is 12.8 Å². The van der Waals surface area contributed by atoms with Crippen LogP contribution < -0.4 is 21.7 Å². The Morgan fingerprint density at radius 1 is 0.824 bits per heavy atom. The minimum absolute atomic E-state index is 0.0462. The number of rotatable bonds is 14.